The van der Waals surface area contributed by atoms with Gasteiger partial charge in [0, 0.05) is 11.6 Å². The molecule has 0 radical (unpaired) electrons. The normalized spacial score (nSPS) is 17.1. The van der Waals surface area contributed by atoms with E-state index in [1.165, 1.54) is 24.3 Å². The van der Waals surface area contributed by atoms with Gasteiger partial charge in [-0.2, -0.15) is 13.2 Å². The van der Waals surface area contributed by atoms with Crippen molar-refractivity contribution in [1.29, 1.82) is 0 Å². The van der Waals surface area contributed by atoms with Gasteiger partial charge in [-0.1, -0.05) is 29.3 Å². The number of benzene rings is 3. The molecule has 7 nitrogen and oxygen atoms in total. The van der Waals surface area contributed by atoms with Crippen molar-refractivity contribution in [1.82, 2.24) is 0 Å². The molecule has 0 bridgehead atoms. The number of halogens is 10. The average molecular weight is 703 g/mol. The van der Waals surface area contributed by atoms with Crippen LogP contribution in [0.3, 0.4) is 0 Å². The number of alkyl halides is 5. The first kappa shape index (κ1) is 33.7. The molecule has 0 aliphatic heterocycles. The highest BCUT2D eigenvalue weighted by Crippen LogP contribution is 2.65. The maximum absolute atomic E-state index is 15.0. The van der Waals surface area contributed by atoms with Crippen LogP contribution in [-0.4, -0.2) is 41.4 Å². The summed E-state index contributed by atoms with van der Waals surface area (Å²) in [6, 6.07) is 9.05. The molecule has 3 N–H and O–H groups in total. The van der Waals surface area contributed by atoms with E-state index in [0.717, 1.165) is 18.2 Å². The van der Waals surface area contributed by atoms with Gasteiger partial charge in [0.15, 0.2) is 5.82 Å². The molecule has 0 aromatic heterocycles. The molecule has 1 aliphatic rings. The second-order valence-electron chi connectivity index (χ2n) is 9.38. The van der Waals surface area contributed by atoms with Crippen molar-refractivity contribution >= 4 is 81.2 Å². The Balaban J connectivity index is 1.46. The largest absolute Gasteiger partial charge is 0.411 e. The van der Waals surface area contributed by atoms with Crippen LogP contribution in [0.4, 0.5) is 43.4 Å². The van der Waals surface area contributed by atoms with Crippen LogP contribution < -0.4 is 16.0 Å². The van der Waals surface area contributed by atoms with Gasteiger partial charge in [-0.3, -0.25) is 14.4 Å². The Morgan fingerprint density at radius 3 is 2.20 bits per heavy atom. The lowest BCUT2D eigenvalue weighted by molar-refractivity contribution is -0.174. The Kier molecular flexibility index (Phi) is 9.96. The number of carbonyl (C=O) groups is 3. The van der Waals surface area contributed by atoms with Crippen molar-refractivity contribution in [3.8, 4) is 0 Å². The highest BCUT2D eigenvalue weighted by molar-refractivity contribution is 6.53. The topological polar surface area (TPSA) is 96.5 Å². The number of hydrogen-bond donors (Lipinski definition) is 3. The Morgan fingerprint density at radius 2 is 1.55 bits per heavy atom. The standard InChI is InChI=1S/C27H17Cl4F6N3O4/c28-14-3-2-12(38-25(43)21-20(27(21,30)31)11-1-4-16(32)15(29)7-11)8-13(14)24(42)39-18-6-5-17(33)23(22(18)34)40-19(41)9-44-10-26(35,36)37/h1-8,20-21H,9-10H2,(H,38,43)(H,39,42)(H,40,41)/t20-,21?/m0/s1. The van der Waals surface area contributed by atoms with Gasteiger partial charge in [-0.05, 0) is 48.0 Å². The number of hydrogen-bond acceptors (Lipinski definition) is 4. The molecular weight excluding hydrogens is 686 g/mol. The van der Waals surface area contributed by atoms with Gasteiger partial charge in [-0.15, -0.1) is 23.2 Å². The molecule has 0 spiro atoms. The number of carbonyl (C=O) groups excluding carboxylic acids is 3. The molecule has 3 aromatic rings. The highest BCUT2D eigenvalue weighted by atomic mass is 35.5. The van der Waals surface area contributed by atoms with Crippen molar-refractivity contribution in [2.45, 2.75) is 16.4 Å². The summed E-state index contributed by atoms with van der Waals surface area (Å²) in [5.74, 6) is -8.09. The van der Waals surface area contributed by atoms with Gasteiger partial charge in [0.25, 0.3) is 11.8 Å². The van der Waals surface area contributed by atoms with E-state index < -0.39 is 82.1 Å². The van der Waals surface area contributed by atoms with Crippen LogP contribution in [0.15, 0.2) is 48.5 Å². The molecule has 0 heterocycles. The second-order valence-corrected chi connectivity index (χ2v) is 11.6. The molecule has 1 fully saturated rings. The number of ether oxygens (including phenoxy) is 1. The third kappa shape index (κ3) is 7.70. The summed E-state index contributed by atoms with van der Waals surface area (Å²) >= 11 is 24.6. The third-order valence-corrected chi connectivity index (χ3v) is 7.78. The van der Waals surface area contributed by atoms with Crippen molar-refractivity contribution in [2.24, 2.45) is 5.92 Å². The highest BCUT2D eigenvalue weighted by Gasteiger charge is 2.67. The Bertz CT molecular complexity index is 1640. The third-order valence-electron chi connectivity index (χ3n) is 6.22. The predicted molar refractivity (Wildman–Crippen MR) is 152 cm³/mol. The summed E-state index contributed by atoms with van der Waals surface area (Å²) in [5.41, 5.74) is -1.46. The Morgan fingerprint density at radius 1 is 0.864 bits per heavy atom. The Hall–Kier alpha value is -3.23. The molecule has 17 heteroatoms. The molecule has 44 heavy (non-hydrogen) atoms. The van der Waals surface area contributed by atoms with E-state index in [1.54, 1.807) is 5.32 Å². The minimum atomic E-state index is -4.72. The molecule has 1 aliphatic carbocycles. The van der Waals surface area contributed by atoms with Crippen molar-refractivity contribution in [3.63, 3.8) is 0 Å². The second kappa shape index (κ2) is 13.0. The first-order chi connectivity index (χ1) is 20.5. The monoisotopic (exact) mass is 701 g/mol. The molecule has 0 saturated heterocycles. The molecule has 2 atom stereocenters. The molecule has 1 unspecified atom stereocenters. The average Bonchev–Trinajstić information content (AvgIpc) is 3.51. The lowest BCUT2D eigenvalue weighted by Crippen LogP contribution is -2.25. The first-order valence-electron chi connectivity index (χ1n) is 12.2. The lowest BCUT2D eigenvalue weighted by Gasteiger charge is -2.14. The predicted octanol–water partition coefficient (Wildman–Crippen LogP) is 7.71. The zero-order valence-corrected chi connectivity index (χ0v) is 24.6. The van der Waals surface area contributed by atoms with E-state index >= 15 is 0 Å². The summed E-state index contributed by atoms with van der Waals surface area (Å²) in [6.07, 6.45) is -4.72. The van der Waals surface area contributed by atoms with Crippen LogP contribution in [0.5, 0.6) is 0 Å². The fraction of sp³-hybridized carbons (Fsp3) is 0.222. The zero-order chi connectivity index (χ0) is 32.6. The van der Waals surface area contributed by atoms with Crippen LogP contribution >= 0.6 is 46.4 Å². The summed E-state index contributed by atoms with van der Waals surface area (Å²) in [7, 11) is 0. The van der Waals surface area contributed by atoms with E-state index in [-0.39, 0.29) is 21.3 Å². The van der Waals surface area contributed by atoms with Gasteiger partial charge in [0.1, 0.15) is 34.9 Å². The summed E-state index contributed by atoms with van der Waals surface area (Å²) in [6.45, 7) is -2.92. The van der Waals surface area contributed by atoms with E-state index in [0.29, 0.717) is 11.6 Å². The van der Waals surface area contributed by atoms with Gasteiger partial charge >= 0.3 is 6.18 Å². The zero-order valence-electron chi connectivity index (χ0n) is 21.6. The molecule has 3 aromatic carbocycles. The maximum Gasteiger partial charge on any atom is 0.411 e. The summed E-state index contributed by atoms with van der Waals surface area (Å²) in [4.78, 5) is 37.8. The van der Waals surface area contributed by atoms with Crippen LogP contribution in [0.1, 0.15) is 21.8 Å². The van der Waals surface area contributed by atoms with E-state index in [9.17, 15) is 40.7 Å². The van der Waals surface area contributed by atoms with Crippen LogP contribution in [0, 0.1) is 23.4 Å². The van der Waals surface area contributed by atoms with Crippen molar-refractivity contribution in [2.75, 3.05) is 29.2 Å². The lowest BCUT2D eigenvalue weighted by atomic mass is 10.1. The minimum absolute atomic E-state index is 0.0582. The number of nitrogens with one attached hydrogen (secondary N) is 3. The minimum Gasteiger partial charge on any atom is -0.362 e. The number of anilines is 3. The van der Waals surface area contributed by atoms with Crippen molar-refractivity contribution < 1.29 is 45.5 Å². The SMILES string of the molecule is O=C(COCC(F)(F)F)Nc1c(F)ccc(NC(=O)c2cc(NC(=O)C3[C@H](c4ccc(F)c(Cl)c4)C3(Cl)Cl)ccc2Cl)c1F. The molecule has 234 valence electrons. The molecule has 3 amide bonds. The van der Waals surface area contributed by atoms with Gasteiger partial charge < -0.3 is 20.7 Å². The smallest absolute Gasteiger partial charge is 0.362 e. The maximum atomic E-state index is 15.0. The fourth-order valence-corrected chi connectivity index (χ4v) is 5.38. The number of rotatable bonds is 9. The summed E-state index contributed by atoms with van der Waals surface area (Å²) < 4.78 is 81.9. The van der Waals surface area contributed by atoms with Crippen LogP contribution in [-0.2, 0) is 14.3 Å². The van der Waals surface area contributed by atoms with Gasteiger partial charge in [0.2, 0.25) is 5.91 Å². The molecule has 4 rings (SSSR count). The van der Waals surface area contributed by atoms with Crippen LogP contribution in [0.25, 0.3) is 0 Å². The number of amides is 3. The van der Waals surface area contributed by atoms with E-state index in [1.807, 2.05) is 0 Å². The molecule has 1 saturated carbocycles. The quantitative estimate of drug-likeness (QED) is 0.157. The first-order valence-corrected chi connectivity index (χ1v) is 13.7. The van der Waals surface area contributed by atoms with Gasteiger partial charge in [0.05, 0.1) is 27.2 Å². The fourth-order valence-electron chi connectivity index (χ4n) is 4.16. The van der Waals surface area contributed by atoms with E-state index in [2.05, 4.69) is 15.4 Å². The Labute approximate surface area is 264 Å². The van der Waals surface area contributed by atoms with E-state index in [4.69, 9.17) is 46.4 Å². The van der Waals surface area contributed by atoms with Gasteiger partial charge in [-0.25, -0.2) is 13.2 Å². The summed E-state index contributed by atoms with van der Waals surface area (Å²) in [5, 5.41) is 6.12. The van der Waals surface area contributed by atoms with Crippen LogP contribution in [0.2, 0.25) is 10.0 Å². The van der Waals surface area contributed by atoms with Crippen molar-refractivity contribution in [3.05, 3.63) is 87.2 Å². The molecular formula is C27H17Cl4F6N3O4.